The molecule has 19 heavy (non-hydrogen) atoms. The van der Waals surface area contributed by atoms with Crippen molar-refractivity contribution in [2.45, 2.75) is 24.2 Å². The Hall–Kier alpha value is -1.22. The Bertz CT molecular complexity index is 646. The van der Waals surface area contributed by atoms with Crippen LogP contribution in [0.3, 0.4) is 0 Å². The summed E-state index contributed by atoms with van der Waals surface area (Å²) >= 11 is 1.20. The third-order valence-electron chi connectivity index (χ3n) is 2.40. The molecule has 104 valence electrons. The summed E-state index contributed by atoms with van der Waals surface area (Å²) in [6.07, 6.45) is 0. The monoisotopic (exact) mass is 301 g/mol. The van der Waals surface area contributed by atoms with Gasteiger partial charge in [0, 0.05) is 12.6 Å². The van der Waals surface area contributed by atoms with Gasteiger partial charge in [-0.2, -0.15) is 0 Å². The van der Waals surface area contributed by atoms with Gasteiger partial charge in [-0.05, 0) is 31.0 Å². The quantitative estimate of drug-likeness (QED) is 0.838. The van der Waals surface area contributed by atoms with Gasteiger partial charge >= 0.3 is 0 Å². The lowest BCUT2D eigenvalue weighted by Crippen LogP contribution is -2.22. The average Bonchev–Trinajstić information content (AvgIpc) is 2.97. The molecule has 2 rings (SSSR count). The number of rotatable bonds is 6. The summed E-state index contributed by atoms with van der Waals surface area (Å²) in [5.41, 5.74) is 1.51. The van der Waals surface area contributed by atoms with E-state index in [9.17, 15) is 8.42 Å². The van der Waals surface area contributed by atoms with Crippen molar-refractivity contribution in [2.24, 2.45) is 0 Å². The van der Waals surface area contributed by atoms with Crippen molar-refractivity contribution in [1.82, 2.24) is 15.2 Å². The fourth-order valence-electron chi connectivity index (χ4n) is 1.53. The molecule has 2 heterocycles. The van der Waals surface area contributed by atoms with E-state index >= 15 is 0 Å². The first-order valence-electron chi connectivity index (χ1n) is 5.65. The molecule has 0 bridgehead atoms. The van der Waals surface area contributed by atoms with Crippen molar-refractivity contribution in [3.05, 3.63) is 34.5 Å². The first kappa shape index (κ1) is 14.2. The summed E-state index contributed by atoms with van der Waals surface area (Å²) in [7, 11) is -1.67. The molecule has 0 atom stereocenters. The molecule has 0 aliphatic rings. The van der Waals surface area contributed by atoms with E-state index in [1.54, 1.807) is 19.1 Å². The van der Waals surface area contributed by atoms with Crippen LogP contribution in [0.1, 0.15) is 17.0 Å². The molecule has 0 saturated heterocycles. The standard InChI is InChI=1S/C11H15N3O3S2/c1-8-3-10(14-17-8)6-13-19(15,16)11-4-9(5-12-2)7-18-11/h3-4,7,12-13H,5-6H2,1-2H3. The molecular weight excluding hydrogens is 286 g/mol. The Morgan fingerprint density at radius 2 is 2.16 bits per heavy atom. The summed E-state index contributed by atoms with van der Waals surface area (Å²) in [4.78, 5) is 0. The van der Waals surface area contributed by atoms with Crippen LogP contribution in [0.5, 0.6) is 0 Å². The highest BCUT2D eigenvalue weighted by Crippen LogP contribution is 2.20. The smallest absolute Gasteiger partial charge is 0.250 e. The van der Waals surface area contributed by atoms with Crippen LogP contribution in [0.2, 0.25) is 0 Å². The van der Waals surface area contributed by atoms with Crippen LogP contribution in [0.4, 0.5) is 0 Å². The molecule has 0 aromatic carbocycles. The second kappa shape index (κ2) is 5.83. The number of hydrogen-bond acceptors (Lipinski definition) is 6. The number of nitrogens with one attached hydrogen (secondary N) is 2. The molecule has 0 amide bonds. The molecule has 0 fully saturated rings. The number of aromatic nitrogens is 1. The molecule has 6 nitrogen and oxygen atoms in total. The van der Waals surface area contributed by atoms with Gasteiger partial charge in [0.25, 0.3) is 0 Å². The van der Waals surface area contributed by atoms with Crippen molar-refractivity contribution < 1.29 is 12.9 Å². The fourth-order valence-corrected chi connectivity index (χ4v) is 3.79. The zero-order chi connectivity index (χ0) is 13.9. The third-order valence-corrected chi connectivity index (χ3v) is 5.29. The highest BCUT2D eigenvalue weighted by atomic mass is 32.2. The minimum Gasteiger partial charge on any atom is -0.361 e. The lowest BCUT2D eigenvalue weighted by molar-refractivity contribution is 0.390. The average molecular weight is 301 g/mol. The first-order valence-corrected chi connectivity index (χ1v) is 8.01. The van der Waals surface area contributed by atoms with Crippen molar-refractivity contribution >= 4 is 21.4 Å². The lowest BCUT2D eigenvalue weighted by Gasteiger charge is -2.01. The Balaban J connectivity index is 2.04. The number of hydrogen-bond donors (Lipinski definition) is 2. The van der Waals surface area contributed by atoms with E-state index in [0.29, 0.717) is 22.2 Å². The van der Waals surface area contributed by atoms with E-state index < -0.39 is 10.0 Å². The molecular formula is C11H15N3O3S2. The van der Waals surface area contributed by atoms with E-state index in [2.05, 4.69) is 15.2 Å². The van der Waals surface area contributed by atoms with Crippen LogP contribution >= 0.6 is 11.3 Å². The zero-order valence-electron chi connectivity index (χ0n) is 10.6. The van der Waals surface area contributed by atoms with Gasteiger partial charge in [-0.25, -0.2) is 13.1 Å². The Kier molecular flexibility index (Phi) is 4.35. The van der Waals surface area contributed by atoms with E-state index in [1.165, 1.54) is 11.3 Å². The fraction of sp³-hybridized carbons (Fsp3) is 0.364. The van der Waals surface area contributed by atoms with E-state index in [4.69, 9.17) is 4.52 Å². The molecule has 0 unspecified atom stereocenters. The molecule has 2 aromatic rings. The third kappa shape index (κ3) is 3.63. The van der Waals surface area contributed by atoms with Crippen molar-refractivity contribution in [1.29, 1.82) is 0 Å². The number of thiophene rings is 1. The SMILES string of the molecule is CNCc1csc(S(=O)(=O)NCc2cc(C)on2)c1. The normalized spacial score (nSPS) is 11.9. The van der Waals surface area contributed by atoms with Gasteiger partial charge in [0.15, 0.2) is 0 Å². The molecule has 8 heteroatoms. The maximum absolute atomic E-state index is 12.1. The molecule has 2 aromatic heterocycles. The lowest BCUT2D eigenvalue weighted by atomic mass is 10.3. The Morgan fingerprint density at radius 3 is 2.79 bits per heavy atom. The molecule has 0 aliphatic heterocycles. The van der Waals surface area contributed by atoms with Crippen LogP contribution in [-0.4, -0.2) is 20.6 Å². The summed E-state index contributed by atoms with van der Waals surface area (Å²) < 4.78 is 31.8. The van der Waals surface area contributed by atoms with Crippen molar-refractivity contribution in [3.8, 4) is 0 Å². The predicted molar refractivity (Wildman–Crippen MR) is 72.3 cm³/mol. The van der Waals surface area contributed by atoms with Gasteiger partial charge in [0.1, 0.15) is 9.97 Å². The van der Waals surface area contributed by atoms with Gasteiger partial charge in [-0.15, -0.1) is 11.3 Å². The maximum atomic E-state index is 12.1. The van der Waals surface area contributed by atoms with Crippen LogP contribution in [-0.2, 0) is 23.1 Å². The minimum absolute atomic E-state index is 0.124. The van der Waals surface area contributed by atoms with E-state index in [1.807, 2.05) is 12.4 Å². The van der Waals surface area contributed by atoms with Crippen LogP contribution in [0.15, 0.2) is 26.2 Å². The second-order valence-corrected chi connectivity index (χ2v) is 6.96. The van der Waals surface area contributed by atoms with E-state index in [-0.39, 0.29) is 6.54 Å². The molecule has 0 spiro atoms. The highest BCUT2D eigenvalue weighted by Gasteiger charge is 2.17. The van der Waals surface area contributed by atoms with Gasteiger partial charge in [0.05, 0.1) is 12.2 Å². The molecule has 0 aliphatic carbocycles. The van der Waals surface area contributed by atoms with Crippen LogP contribution in [0, 0.1) is 6.92 Å². The van der Waals surface area contributed by atoms with E-state index in [0.717, 1.165) is 5.56 Å². The number of aryl methyl sites for hydroxylation is 1. The topological polar surface area (TPSA) is 84.2 Å². The summed E-state index contributed by atoms with van der Waals surface area (Å²) in [5, 5.41) is 8.54. The molecule has 0 saturated carbocycles. The zero-order valence-corrected chi connectivity index (χ0v) is 12.3. The number of sulfonamides is 1. The first-order chi connectivity index (χ1) is 9.01. The van der Waals surface area contributed by atoms with Crippen molar-refractivity contribution in [2.75, 3.05) is 7.05 Å². The van der Waals surface area contributed by atoms with Gasteiger partial charge in [0.2, 0.25) is 10.0 Å². The summed E-state index contributed by atoms with van der Waals surface area (Å²) in [6, 6.07) is 3.36. The van der Waals surface area contributed by atoms with Gasteiger partial charge in [-0.3, -0.25) is 0 Å². The van der Waals surface area contributed by atoms with Crippen molar-refractivity contribution in [3.63, 3.8) is 0 Å². The Morgan fingerprint density at radius 1 is 1.37 bits per heavy atom. The highest BCUT2D eigenvalue weighted by molar-refractivity contribution is 7.91. The Labute approximate surface area is 115 Å². The largest absolute Gasteiger partial charge is 0.361 e. The minimum atomic E-state index is -3.49. The summed E-state index contributed by atoms with van der Waals surface area (Å²) in [5.74, 6) is 0.654. The molecule has 2 N–H and O–H groups in total. The molecule has 0 radical (unpaired) electrons. The second-order valence-electron chi connectivity index (χ2n) is 4.06. The van der Waals surface area contributed by atoms with Crippen LogP contribution in [0.25, 0.3) is 0 Å². The summed E-state index contributed by atoms with van der Waals surface area (Å²) in [6.45, 7) is 2.53. The predicted octanol–water partition coefficient (Wildman–Crippen LogP) is 1.24. The van der Waals surface area contributed by atoms with Gasteiger partial charge < -0.3 is 9.84 Å². The maximum Gasteiger partial charge on any atom is 0.250 e. The number of nitrogens with zero attached hydrogens (tertiary/aromatic N) is 1. The van der Waals surface area contributed by atoms with Gasteiger partial charge in [-0.1, -0.05) is 5.16 Å². The van der Waals surface area contributed by atoms with Crippen LogP contribution < -0.4 is 10.0 Å².